The van der Waals surface area contributed by atoms with Gasteiger partial charge in [0.05, 0.1) is 16.3 Å². The number of anilines is 1. The lowest BCUT2D eigenvalue weighted by molar-refractivity contribution is 0.112. The first kappa shape index (κ1) is 14.1. The topological polar surface area (TPSA) is 67.3 Å². The number of thiazole rings is 1. The maximum absolute atomic E-state index is 11.1. The van der Waals surface area contributed by atoms with Crippen molar-refractivity contribution in [3.05, 3.63) is 10.6 Å². The molecule has 0 bridgehead atoms. The molecule has 0 radical (unpaired) electrons. The average molecular weight is 276 g/mol. The van der Waals surface area contributed by atoms with Crippen molar-refractivity contribution in [1.29, 1.82) is 0 Å². The molecule has 0 fully saturated rings. The summed E-state index contributed by atoms with van der Waals surface area (Å²) in [6.45, 7) is 2.32. The highest BCUT2D eigenvalue weighted by atomic mass is 32.2. The standard InChI is InChI=1S/C10H16N2O3S2/c1-4-8-9(7-13)16-10(11-8)12(2)5-6-17(3,14)15/h7H,4-6H2,1-3H3. The number of nitrogens with zero attached hydrogens (tertiary/aromatic N) is 2. The Bertz CT molecular complexity index is 494. The van der Waals surface area contributed by atoms with Crippen LogP contribution in [0.1, 0.15) is 22.3 Å². The van der Waals surface area contributed by atoms with Gasteiger partial charge in [-0.25, -0.2) is 13.4 Å². The largest absolute Gasteiger partial charge is 0.350 e. The molecule has 0 N–H and O–H groups in total. The van der Waals surface area contributed by atoms with E-state index in [4.69, 9.17) is 0 Å². The molecular formula is C10H16N2O3S2. The van der Waals surface area contributed by atoms with Crippen LogP contribution < -0.4 is 4.90 Å². The molecule has 17 heavy (non-hydrogen) atoms. The summed E-state index contributed by atoms with van der Waals surface area (Å²) in [6.07, 6.45) is 2.70. The summed E-state index contributed by atoms with van der Waals surface area (Å²) >= 11 is 1.29. The molecule has 0 aliphatic heterocycles. The van der Waals surface area contributed by atoms with Crippen molar-refractivity contribution in [2.75, 3.05) is 30.5 Å². The molecule has 0 saturated heterocycles. The Morgan fingerprint density at radius 2 is 2.12 bits per heavy atom. The second-order valence-electron chi connectivity index (χ2n) is 3.83. The Morgan fingerprint density at radius 3 is 2.53 bits per heavy atom. The lowest BCUT2D eigenvalue weighted by Gasteiger charge is -2.14. The summed E-state index contributed by atoms with van der Waals surface area (Å²) in [4.78, 5) is 17.5. The van der Waals surface area contributed by atoms with Crippen LogP contribution in [0, 0.1) is 0 Å². The van der Waals surface area contributed by atoms with Gasteiger partial charge in [0.15, 0.2) is 11.4 Å². The minimum absolute atomic E-state index is 0.0843. The van der Waals surface area contributed by atoms with Crippen LogP contribution in [0.5, 0.6) is 0 Å². The summed E-state index contributed by atoms with van der Waals surface area (Å²) in [7, 11) is -1.20. The fraction of sp³-hybridized carbons (Fsp3) is 0.600. The van der Waals surface area contributed by atoms with Crippen LogP contribution in [0.2, 0.25) is 0 Å². The van der Waals surface area contributed by atoms with Gasteiger partial charge >= 0.3 is 0 Å². The van der Waals surface area contributed by atoms with Crippen LogP contribution in [-0.2, 0) is 16.3 Å². The van der Waals surface area contributed by atoms with E-state index in [1.165, 1.54) is 17.6 Å². The van der Waals surface area contributed by atoms with Crippen LogP contribution in [0.4, 0.5) is 5.13 Å². The zero-order valence-electron chi connectivity index (χ0n) is 10.1. The molecule has 0 saturated carbocycles. The zero-order valence-corrected chi connectivity index (χ0v) is 11.8. The summed E-state index contributed by atoms with van der Waals surface area (Å²) in [5, 5.41) is 0.688. The number of carbonyl (C=O) groups is 1. The third-order valence-electron chi connectivity index (χ3n) is 2.28. The molecule has 0 unspecified atom stereocenters. The van der Waals surface area contributed by atoms with Gasteiger partial charge in [0.2, 0.25) is 0 Å². The monoisotopic (exact) mass is 276 g/mol. The molecule has 0 aromatic carbocycles. The first-order valence-electron chi connectivity index (χ1n) is 5.21. The van der Waals surface area contributed by atoms with Crippen molar-refractivity contribution < 1.29 is 13.2 Å². The molecule has 5 nitrogen and oxygen atoms in total. The number of aromatic nitrogens is 1. The highest BCUT2D eigenvalue weighted by molar-refractivity contribution is 7.90. The van der Waals surface area contributed by atoms with E-state index in [2.05, 4.69) is 4.98 Å². The van der Waals surface area contributed by atoms with Gasteiger partial charge in [-0.05, 0) is 6.42 Å². The Labute approximate surface area is 105 Å². The van der Waals surface area contributed by atoms with Crippen LogP contribution in [0.25, 0.3) is 0 Å². The lowest BCUT2D eigenvalue weighted by atomic mass is 10.3. The number of aldehydes is 1. The van der Waals surface area contributed by atoms with Gasteiger partial charge < -0.3 is 4.90 Å². The van der Waals surface area contributed by atoms with Gasteiger partial charge in [-0.1, -0.05) is 18.3 Å². The van der Waals surface area contributed by atoms with Gasteiger partial charge in [0, 0.05) is 19.8 Å². The van der Waals surface area contributed by atoms with E-state index in [1.807, 2.05) is 6.92 Å². The van der Waals surface area contributed by atoms with Gasteiger partial charge in [-0.3, -0.25) is 4.79 Å². The van der Waals surface area contributed by atoms with Gasteiger partial charge in [0.1, 0.15) is 9.84 Å². The van der Waals surface area contributed by atoms with Gasteiger partial charge in [0.25, 0.3) is 0 Å². The van der Waals surface area contributed by atoms with Crippen LogP contribution in [0.3, 0.4) is 0 Å². The normalized spacial score (nSPS) is 11.5. The second-order valence-corrected chi connectivity index (χ2v) is 7.10. The quantitative estimate of drug-likeness (QED) is 0.725. The molecular weight excluding hydrogens is 260 g/mol. The van der Waals surface area contributed by atoms with Gasteiger partial charge in [-0.15, -0.1) is 0 Å². The predicted octanol–water partition coefficient (Wildman–Crippen LogP) is 0.999. The van der Waals surface area contributed by atoms with Crippen molar-refractivity contribution >= 4 is 32.6 Å². The third-order valence-corrected chi connectivity index (χ3v) is 4.34. The fourth-order valence-corrected chi connectivity index (χ4v) is 2.82. The smallest absolute Gasteiger partial charge is 0.185 e. The average Bonchev–Trinajstić information content (AvgIpc) is 2.67. The van der Waals surface area contributed by atoms with E-state index < -0.39 is 9.84 Å². The highest BCUT2D eigenvalue weighted by Gasteiger charge is 2.13. The number of hydrogen-bond donors (Lipinski definition) is 0. The van der Waals surface area contributed by atoms with Crippen LogP contribution >= 0.6 is 11.3 Å². The molecule has 0 atom stereocenters. The summed E-state index contributed by atoms with van der Waals surface area (Å²) in [6, 6.07) is 0. The molecule has 1 aromatic heterocycles. The fourth-order valence-electron chi connectivity index (χ4n) is 1.26. The van der Waals surface area contributed by atoms with E-state index in [-0.39, 0.29) is 5.75 Å². The van der Waals surface area contributed by atoms with Crippen LogP contribution in [0.15, 0.2) is 0 Å². The number of rotatable bonds is 6. The Kier molecular flexibility index (Phi) is 4.64. The number of sulfone groups is 1. The summed E-state index contributed by atoms with van der Waals surface area (Å²) in [5.74, 6) is 0.0843. The maximum Gasteiger partial charge on any atom is 0.185 e. The molecule has 1 rings (SSSR count). The van der Waals surface area contributed by atoms with Crippen molar-refractivity contribution in [2.24, 2.45) is 0 Å². The Morgan fingerprint density at radius 1 is 1.47 bits per heavy atom. The third kappa shape index (κ3) is 4.08. The SMILES string of the molecule is CCc1nc(N(C)CCS(C)(=O)=O)sc1C=O. The molecule has 7 heteroatoms. The highest BCUT2D eigenvalue weighted by Crippen LogP contribution is 2.24. The molecule has 0 amide bonds. The van der Waals surface area contributed by atoms with Crippen molar-refractivity contribution in [1.82, 2.24) is 4.98 Å². The lowest BCUT2D eigenvalue weighted by Crippen LogP contribution is -2.24. The molecule has 96 valence electrons. The molecule has 1 heterocycles. The second kappa shape index (κ2) is 5.59. The molecule has 0 aliphatic carbocycles. The van der Waals surface area contributed by atoms with E-state index in [9.17, 15) is 13.2 Å². The zero-order chi connectivity index (χ0) is 13.1. The molecule has 0 spiro atoms. The van der Waals surface area contributed by atoms with E-state index in [0.29, 0.717) is 23.0 Å². The predicted molar refractivity (Wildman–Crippen MR) is 69.9 cm³/mol. The molecule has 1 aromatic rings. The maximum atomic E-state index is 11.1. The Balaban J connectivity index is 2.78. The van der Waals surface area contributed by atoms with Crippen molar-refractivity contribution in [3.63, 3.8) is 0 Å². The minimum Gasteiger partial charge on any atom is -0.350 e. The number of aryl methyl sites for hydroxylation is 1. The Hall–Kier alpha value is -0.950. The van der Waals surface area contributed by atoms with E-state index in [1.54, 1.807) is 11.9 Å². The summed E-state index contributed by atoms with van der Waals surface area (Å²) < 4.78 is 22.1. The van der Waals surface area contributed by atoms with E-state index in [0.717, 1.165) is 12.0 Å². The van der Waals surface area contributed by atoms with E-state index >= 15 is 0 Å². The molecule has 0 aliphatic rings. The number of carbonyl (C=O) groups excluding carboxylic acids is 1. The first-order chi connectivity index (χ1) is 7.87. The first-order valence-corrected chi connectivity index (χ1v) is 8.08. The van der Waals surface area contributed by atoms with Crippen molar-refractivity contribution in [2.45, 2.75) is 13.3 Å². The van der Waals surface area contributed by atoms with Crippen LogP contribution in [-0.4, -0.2) is 45.3 Å². The minimum atomic E-state index is -2.98. The van der Waals surface area contributed by atoms with Gasteiger partial charge in [-0.2, -0.15) is 0 Å². The number of hydrogen-bond acceptors (Lipinski definition) is 6. The summed E-state index contributed by atoms with van der Waals surface area (Å²) in [5.41, 5.74) is 0.770. The van der Waals surface area contributed by atoms with Crippen molar-refractivity contribution in [3.8, 4) is 0 Å².